The van der Waals surface area contributed by atoms with E-state index in [0.29, 0.717) is 18.9 Å². The van der Waals surface area contributed by atoms with E-state index in [9.17, 15) is 4.79 Å². The molecule has 5 heteroatoms. The number of nitrogens with one attached hydrogen (secondary N) is 1. The van der Waals surface area contributed by atoms with Crippen molar-refractivity contribution >= 4 is 5.97 Å². The van der Waals surface area contributed by atoms with Crippen LogP contribution < -0.4 is 11.1 Å². The van der Waals surface area contributed by atoms with Gasteiger partial charge >= 0.3 is 5.97 Å². The fraction of sp³-hybridized carbons (Fsp3) is 0.909. The van der Waals surface area contributed by atoms with E-state index < -0.39 is 12.0 Å². The Morgan fingerprint density at radius 3 is 3.06 bits per heavy atom. The highest BCUT2D eigenvalue weighted by atomic mass is 16.4. The van der Waals surface area contributed by atoms with E-state index in [-0.39, 0.29) is 0 Å². The molecule has 2 unspecified atom stereocenters. The van der Waals surface area contributed by atoms with Gasteiger partial charge in [0.1, 0.15) is 6.04 Å². The van der Waals surface area contributed by atoms with Gasteiger partial charge in [0, 0.05) is 6.54 Å². The molecule has 1 fully saturated rings. The van der Waals surface area contributed by atoms with Crippen LogP contribution in [0.15, 0.2) is 0 Å². The number of carboxylic acids is 1. The molecule has 1 heterocycles. The first-order valence-electron chi connectivity index (χ1n) is 5.97. The lowest BCUT2D eigenvalue weighted by Crippen LogP contribution is -2.39. The van der Waals surface area contributed by atoms with Crippen molar-refractivity contribution in [3.8, 4) is 0 Å². The maximum Gasteiger partial charge on any atom is 0.320 e. The zero-order valence-electron chi connectivity index (χ0n) is 9.98. The molecule has 0 radical (unpaired) electrons. The van der Waals surface area contributed by atoms with Crippen LogP contribution in [-0.4, -0.2) is 55.2 Å². The van der Waals surface area contributed by atoms with Gasteiger partial charge in [-0.2, -0.15) is 0 Å². The molecule has 0 saturated carbocycles. The number of hydrogen-bond acceptors (Lipinski definition) is 4. The summed E-state index contributed by atoms with van der Waals surface area (Å²) in [5.41, 5.74) is 5.41. The van der Waals surface area contributed by atoms with Gasteiger partial charge in [-0.05, 0) is 51.9 Å². The van der Waals surface area contributed by atoms with Crippen molar-refractivity contribution in [1.29, 1.82) is 0 Å². The van der Waals surface area contributed by atoms with Crippen molar-refractivity contribution < 1.29 is 9.90 Å². The Balaban J connectivity index is 2.04. The van der Waals surface area contributed by atoms with Crippen LogP contribution in [0.5, 0.6) is 0 Å². The Kier molecular flexibility index (Phi) is 5.73. The summed E-state index contributed by atoms with van der Waals surface area (Å²) in [5.74, 6) is -0.223. The second kappa shape index (κ2) is 6.83. The maximum atomic E-state index is 10.5. The molecule has 1 saturated heterocycles. The van der Waals surface area contributed by atoms with Crippen LogP contribution in [0.25, 0.3) is 0 Å². The van der Waals surface area contributed by atoms with Gasteiger partial charge in [-0.3, -0.25) is 4.79 Å². The van der Waals surface area contributed by atoms with Crippen molar-refractivity contribution in [2.24, 2.45) is 11.7 Å². The average Bonchev–Trinajstić information content (AvgIpc) is 2.24. The lowest BCUT2D eigenvalue weighted by molar-refractivity contribution is -0.138. The minimum Gasteiger partial charge on any atom is -0.480 e. The lowest BCUT2D eigenvalue weighted by Gasteiger charge is -2.29. The quantitative estimate of drug-likeness (QED) is 0.546. The summed E-state index contributed by atoms with van der Waals surface area (Å²) in [6.07, 6.45) is 3.03. The zero-order valence-corrected chi connectivity index (χ0v) is 9.98. The molecule has 0 aromatic heterocycles. The molecule has 94 valence electrons. The van der Waals surface area contributed by atoms with Crippen LogP contribution in [0.2, 0.25) is 0 Å². The van der Waals surface area contributed by atoms with Crippen LogP contribution in [0.3, 0.4) is 0 Å². The molecular formula is C11H23N3O2. The monoisotopic (exact) mass is 229 g/mol. The summed E-state index contributed by atoms with van der Waals surface area (Å²) >= 11 is 0. The van der Waals surface area contributed by atoms with E-state index in [4.69, 9.17) is 10.8 Å². The molecule has 0 amide bonds. The summed E-state index contributed by atoms with van der Waals surface area (Å²) in [4.78, 5) is 12.8. The minimum atomic E-state index is -0.917. The lowest BCUT2D eigenvalue weighted by atomic mass is 9.98. The molecule has 0 bridgehead atoms. The first-order valence-corrected chi connectivity index (χ1v) is 5.97. The molecule has 0 aliphatic carbocycles. The Bertz CT molecular complexity index is 223. The molecule has 0 aromatic carbocycles. The van der Waals surface area contributed by atoms with Crippen LogP contribution >= 0.6 is 0 Å². The van der Waals surface area contributed by atoms with E-state index in [1.165, 1.54) is 19.4 Å². The zero-order chi connectivity index (χ0) is 12.0. The Morgan fingerprint density at radius 1 is 1.69 bits per heavy atom. The molecule has 5 nitrogen and oxygen atoms in total. The van der Waals surface area contributed by atoms with E-state index in [1.807, 2.05) is 0 Å². The van der Waals surface area contributed by atoms with Crippen molar-refractivity contribution in [1.82, 2.24) is 10.2 Å². The van der Waals surface area contributed by atoms with Gasteiger partial charge < -0.3 is 21.1 Å². The molecular weight excluding hydrogens is 206 g/mol. The molecule has 4 N–H and O–H groups in total. The number of hydrogen-bond donors (Lipinski definition) is 3. The second-order valence-corrected chi connectivity index (χ2v) is 4.71. The van der Waals surface area contributed by atoms with Crippen molar-refractivity contribution in [2.75, 3.05) is 33.2 Å². The Hall–Kier alpha value is -0.650. The molecule has 1 aliphatic rings. The number of carboxylic acid groups (broad SMARTS) is 1. The number of aliphatic carboxylic acids is 1. The molecule has 1 rings (SSSR count). The third-order valence-electron chi connectivity index (χ3n) is 3.10. The molecule has 0 spiro atoms. The Labute approximate surface area is 97.0 Å². The number of nitrogens with two attached hydrogens (primary N) is 1. The van der Waals surface area contributed by atoms with Crippen LogP contribution in [-0.2, 0) is 4.79 Å². The SMILES string of the molecule is CN1CCCC(CNCCC(N)C(=O)O)C1. The summed E-state index contributed by atoms with van der Waals surface area (Å²) in [6, 6.07) is -0.735. The van der Waals surface area contributed by atoms with Gasteiger partial charge in [0.25, 0.3) is 0 Å². The molecule has 0 aromatic rings. The predicted octanol–water partition coefficient (Wildman–Crippen LogP) is -0.280. The molecule has 2 atom stereocenters. The summed E-state index contributed by atoms with van der Waals surface area (Å²) in [7, 11) is 2.15. The number of carbonyl (C=O) groups is 1. The van der Waals surface area contributed by atoms with Gasteiger partial charge in [0.15, 0.2) is 0 Å². The highest BCUT2D eigenvalue weighted by Gasteiger charge is 2.16. The number of likely N-dealkylation sites (tertiary alicyclic amines) is 1. The second-order valence-electron chi connectivity index (χ2n) is 4.71. The van der Waals surface area contributed by atoms with Crippen molar-refractivity contribution in [3.63, 3.8) is 0 Å². The first-order chi connectivity index (χ1) is 7.59. The van der Waals surface area contributed by atoms with Crippen LogP contribution in [0, 0.1) is 5.92 Å². The highest BCUT2D eigenvalue weighted by molar-refractivity contribution is 5.72. The van der Waals surface area contributed by atoms with Gasteiger partial charge in [-0.1, -0.05) is 0 Å². The summed E-state index contributed by atoms with van der Waals surface area (Å²) in [5, 5.41) is 11.9. The number of rotatable bonds is 6. The van der Waals surface area contributed by atoms with E-state index >= 15 is 0 Å². The normalized spacial score (nSPS) is 24.2. The van der Waals surface area contributed by atoms with Gasteiger partial charge in [-0.15, -0.1) is 0 Å². The Morgan fingerprint density at radius 2 is 2.44 bits per heavy atom. The summed E-state index contributed by atoms with van der Waals surface area (Å²) in [6.45, 7) is 3.99. The van der Waals surface area contributed by atoms with Crippen molar-refractivity contribution in [3.05, 3.63) is 0 Å². The highest BCUT2D eigenvalue weighted by Crippen LogP contribution is 2.13. The van der Waals surface area contributed by atoms with Gasteiger partial charge in [0.05, 0.1) is 0 Å². The topological polar surface area (TPSA) is 78.6 Å². The summed E-state index contributed by atoms with van der Waals surface area (Å²) < 4.78 is 0. The van der Waals surface area contributed by atoms with E-state index in [1.54, 1.807) is 0 Å². The van der Waals surface area contributed by atoms with E-state index in [2.05, 4.69) is 17.3 Å². The van der Waals surface area contributed by atoms with Gasteiger partial charge in [0.2, 0.25) is 0 Å². The van der Waals surface area contributed by atoms with Crippen LogP contribution in [0.1, 0.15) is 19.3 Å². The van der Waals surface area contributed by atoms with Crippen molar-refractivity contribution in [2.45, 2.75) is 25.3 Å². The third kappa shape index (κ3) is 4.92. The fourth-order valence-corrected chi connectivity index (χ4v) is 2.13. The third-order valence-corrected chi connectivity index (χ3v) is 3.10. The maximum absolute atomic E-state index is 10.5. The predicted molar refractivity (Wildman–Crippen MR) is 63.3 cm³/mol. The van der Waals surface area contributed by atoms with E-state index in [0.717, 1.165) is 13.1 Å². The standard InChI is InChI=1S/C11H23N3O2/c1-14-6-2-3-9(8-14)7-13-5-4-10(12)11(15)16/h9-10,13H,2-8,12H2,1H3,(H,15,16). The largest absolute Gasteiger partial charge is 0.480 e. The average molecular weight is 229 g/mol. The minimum absolute atomic E-state index is 0.498. The molecule has 1 aliphatic heterocycles. The molecule has 16 heavy (non-hydrogen) atoms. The number of nitrogens with zero attached hydrogens (tertiary/aromatic N) is 1. The van der Waals surface area contributed by atoms with Gasteiger partial charge in [-0.25, -0.2) is 0 Å². The fourth-order valence-electron chi connectivity index (χ4n) is 2.13. The van der Waals surface area contributed by atoms with Crippen LogP contribution in [0.4, 0.5) is 0 Å². The smallest absolute Gasteiger partial charge is 0.320 e. The first kappa shape index (κ1) is 13.4. The number of piperidine rings is 1.